The average molecular weight is 316 g/mol. The Morgan fingerprint density at radius 3 is 3.06 bits per heavy atom. The Balaban J connectivity index is 2.13. The van der Waals surface area contributed by atoms with Crippen LogP contribution in [0.15, 0.2) is 15.9 Å². The summed E-state index contributed by atoms with van der Waals surface area (Å²) in [5.74, 6) is 0.872. The lowest BCUT2D eigenvalue weighted by Gasteiger charge is -2.11. The molecule has 2 rings (SSSR count). The molecule has 2 aromatic heterocycles. The highest BCUT2D eigenvalue weighted by Crippen LogP contribution is 2.21. The molecule has 2 heterocycles. The van der Waals surface area contributed by atoms with Gasteiger partial charge in [-0.25, -0.2) is 4.68 Å². The summed E-state index contributed by atoms with van der Waals surface area (Å²) in [5.41, 5.74) is 0. The minimum Gasteiger partial charge on any atom is -0.308 e. The minimum absolute atomic E-state index is 0.165. The van der Waals surface area contributed by atoms with Crippen LogP contribution in [-0.2, 0) is 6.54 Å². The van der Waals surface area contributed by atoms with E-state index < -0.39 is 0 Å². The first-order chi connectivity index (χ1) is 8.20. The van der Waals surface area contributed by atoms with Gasteiger partial charge in [0.15, 0.2) is 5.82 Å². The monoisotopic (exact) mass is 315 g/mol. The van der Waals surface area contributed by atoms with E-state index in [-0.39, 0.29) is 6.04 Å². The molecule has 0 saturated carbocycles. The summed E-state index contributed by atoms with van der Waals surface area (Å²) in [6, 6.07) is 2.26. The van der Waals surface area contributed by atoms with E-state index in [9.17, 15) is 0 Å². The molecule has 0 aromatic carbocycles. The number of aromatic nitrogens is 4. The predicted octanol–water partition coefficient (Wildman–Crippen LogP) is 2.22. The molecule has 0 fully saturated rings. The van der Waals surface area contributed by atoms with E-state index in [1.807, 2.05) is 4.68 Å². The van der Waals surface area contributed by atoms with Crippen LogP contribution in [0.4, 0.5) is 0 Å². The number of hydrogen-bond donors (Lipinski definition) is 1. The molecule has 2 aromatic rings. The molecule has 17 heavy (non-hydrogen) atoms. The van der Waals surface area contributed by atoms with E-state index in [1.165, 1.54) is 4.88 Å². The van der Waals surface area contributed by atoms with E-state index in [0.717, 1.165) is 16.8 Å². The molecular weight excluding hydrogens is 302 g/mol. The summed E-state index contributed by atoms with van der Waals surface area (Å²) in [5, 5.41) is 17.2. The molecule has 1 unspecified atom stereocenters. The fourth-order valence-corrected chi connectivity index (χ4v) is 3.05. The maximum Gasteiger partial charge on any atom is 0.168 e. The standard InChI is InChI=1S/C10H14BrN5S/c1-3-12-7(2)10-13-14-15-16(10)5-9-4-8(11)6-17-9/h4,6-7,12H,3,5H2,1-2H3. The van der Waals surface area contributed by atoms with Gasteiger partial charge in [0.2, 0.25) is 0 Å². The first-order valence-electron chi connectivity index (χ1n) is 5.43. The highest BCUT2D eigenvalue weighted by atomic mass is 79.9. The lowest BCUT2D eigenvalue weighted by molar-refractivity contribution is 0.518. The minimum atomic E-state index is 0.165. The molecule has 92 valence electrons. The van der Waals surface area contributed by atoms with Crippen LogP contribution >= 0.6 is 27.3 Å². The van der Waals surface area contributed by atoms with Gasteiger partial charge < -0.3 is 5.32 Å². The van der Waals surface area contributed by atoms with Crippen LogP contribution in [-0.4, -0.2) is 26.8 Å². The van der Waals surface area contributed by atoms with Crippen LogP contribution in [0.2, 0.25) is 0 Å². The van der Waals surface area contributed by atoms with Gasteiger partial charge in [0.05, 0.1) is 12.6 Å². The molecule has 0 amide bonds. The van der Waals surface area contributed by atoms with Gasteiger partial charge in [0.25, 0.3) is 0 Å². The number of nitrogens with one attached hydrogen (secondary N) is 1. The van der Waals surface area contributed by atoms with Crippen molar-refractivity contribution in [3.63, 3.8) is 0 Å². The number of hydrogen-bond acceptors (Lipinski definition) is 5. The summed E-state index contributed by atoms with van der Waals surface area (Å²) in [6.07, 6.45) is 0. The fraction of sp³-hybridized carbons (Fsp3) is 0.500. The van der Waals surface area contributed by atoms with Gasteiger partial charge in [-0.15, -0.1) is 16.4 Å². The molecule has 0 aliphatic rings. The third-order valence-electron chi connectivity index (χ3n) is 2.38. The summed E-state index contributed by atoms with van der Waals surface area (Å²) in [6.45, 7) is 5.75. The maximum atomic E-state index is 4.07. The van der Waals surface area contributed by atoms with Gasteiger partial charge in [-0.2, -0.15) is 0 Å². The zero-order valence-electron chi connectivity index (χ0n) is 9.72. The zero-order valence-corrected chi connectivity index (χ0v) is 12.1. The number of halogens is 1. The van der Waals surface area contributed by atoms with Crippen LogP contribution in [0.1, 0.15) is 30.6 Å². The zero-order chi connectivity index (χ0) is 12.3. The molecular formula is C10H14BrN5S. The Bertz CT molecular complexity index is 481. The van der Waals surface area contributed by atoms with E-state index in [4.69, 9.17) is 0 Å². The highest BCUT2D eigenvalue weighted by molar-refractivity contribution is 9.10. The first-order valence-corrected chi connectivity index (χ1v) is 7.10. The molecule has 0 aliphatic heterocycles. The normalized spacial score (nSPS) is 12.9. The maximum absolute atomic E-state index is 4.07. The molecule has 7 heteroatoms. The molecule has 1 N–H and O–H groups in total. The molecule has 0 aliphatic carbocycles. The summed E-state index contributed by atoms with van der Waals surface area (Å²) >= 11 is 5.14. The second-order valence-corrected chi connectivity index (χ2v) is 5.62. The Kier molecular flexibility index (Phi) is 4.25. The van der Waals surface area contributed by atoms with Crippen molar-refractivity contribution in [3.8, 4) is 0 Å². The van der Waals surface area contributed by atoms with Crippen molar-refractivity contribution in [1.82, 2.24) is 25.5 Å². The molecule has 1 atom stereocenters. The Morgan fingerprint density at radius 1 is 1.59 bits per heavy atom. The second kappa shape index (κ2) is 5.70. The molecule has 0 saturated heterocycles. The lowest BCUT2D eigenvalue weighted by Crippen LogP contribution is -2.22. The molecule has 0 spiro atoms. The van der Waals surface area contributed by atoms with Crippen LogP contribution in [0.5, 0.6) is 0 Å². The van der Waals surface area contributed by atoms with Gasteiger partial charge in [-0.3, -0.25) is 0 Å². The Morgan fingerprint density at radius 2 is 2.41 bits per heavy atom. The van der Waals surface area contributed by atoms with Crippen LogP contribution in [0, 0.1) is 0 Å². The number of thiophene rings is 1. The third kappa shape index (κ3) is 3.11. The molecule has 5 nitrogen and oxygen atoms in total. The van der Waals surface area contributed by atoms with Gasteiger partial charge in [0, 0.05) is 14.7 Å². The van der Waals surface area contributed by atoms with Crippen LogP contribution in [0.3, 0.4) is 0 Å². The Labute approximate surface area is 112 Å². The van der Waals surface area contributed by atoms with Gasteiger partial charge in [-0.1, -0.05) is 6.92 Å². The smallest absolute Gasteiger partial charge is 0.168 e. The summed E-state index contributed by atoms with van der Waals surface area (Å²) in [4.78, 5) is 1.23. The van der Waals surface area contributed by atoms with Crippen molar-refractivity contribution in [3.05, 3.63) is 26.6 Å². The average Bonchev–Trinajstić information content (AvgIpc) is 2.89. The van der Waals surface area contributed by atoms with E-state index in [0.29, 0.717) is 6.54 Å². The fourth-order valence-electron chi connectivity index (χ4n) is 1.62. The van der Waals surface area contributed by atoms with Crippen molar-refractivity contribution >= 4 is 27.3 Å². The van der Waals surface area contributed by atoms with Crippen LogP contribution in [0.25, 0.3) is 0 Å². The Hall–Kier alpha value is -0.790. The van der Waals surface area contributed by atoms with E-state index in [2.05, 4.69) is 62.1 Å². The quantitative estimate of drug-likeness (QED) is 0.919. The number of tetrazole rings is 1. The summed E-state index contributed by atoms with van der Waals surface area (Å²) in [7, 11) is 0. The second-order valence-electron chi connectivity index (χ2n) is 3.71. The lowest BCUT2D eigenvalue weighted by atomic mass is 10.3. The van der Waals surface area contributed by atoms with Gasteiger partial charge in [-0.05, 0) is 45.9 Å². The van der Waals surface area contributed by atoms with Gasteiger partial charge in [0.1, 0.15) is 0 Å². The van der Waals surface area contributed by atoms with Crippen molar-refractivity contribution in [2.45, 2.75) is 26.4 Å². The SMILES string of the molecule is CCNC(C)c1nnnn1Cc1cc(Br)cs1. The van der Waals surface area contributed by atoms with Crippen molar-refractivity contribution < 1.29 is 0 Å². The van der Waals surface area contributed by atoms with E-state index >= 15 is 0 Å². The third-order valence-corrected chi connectivity index (χ3v) is 4.07. The predicted molar refractivity (Wildman–Crippen MR) is 71.0 cm³/mol. The highest BCUT2D eigenvalue weighted by Gasteiger charge is 2.13. The van der Waals surface area contributed by atoms with E-state index in [1.54, 1.807) is 11.3 Å². The van der Waals surface area contributed by atoms with Crippen LogP contribution < -0.4 is 5.32 Å². The summed E-state index contributed by atoms with van der Waals surface area (Å²) < 4.78 is 2.94. The van der Waals surface area contributed by atoms with Crippen molar-refractivity contribution in [2.75, 3.05) is 6.54 Å². The largest absolute Gasteiger partial charge is 0.308 e. The van der Waals surface area contributed by atoms with Crippen molar-refractivity contribution in [1.29, 1.82) is 0 Å². The number of rotatable bonds is 5. The topological polar surface area (TPSA) is 55.6 Å². The first kappa shape index (κ1) is 12.7. The van der Waals surface area contributed by atoms with Gasteiger partial charge >= 0.3 is 0 Å². The number of nitrogens with zero attached hydrogens (tertiary/aromatic N) is 4. The molecule has 0 bridgehead atoms. The molecule has 0 radical (unpaired) electrons. The van der Waals surface area contributed by atoms with Crippen molar-refractivity contribution in [2.24, 2.45) is 0 Å².